The number of carbonyl (C=O) groups is 1. The zero-order chi connectivity index (χ0) is 21.6. The van der Waals surface area contributed by atoms with Crippen LogP contribution in [0.5, 0.6) is 11.5 Å². The van der Waals surface area contributed by atoms with Gasteiger partial charge in [0.2, 0.25) is 5.39 Å². The molecule has 0 heterocycles. The average molecular weight is 401 g/mol. The largest absolute Gasteiger partial charge is 0.673 e. The van der Waals surface area contributed by atoms with Gasteiger partial charge in [0.1, 0.15) is 11.5 Å². The summed E-state index contributed by atoms with van der Waals surface area (Å²) in [5.41, 5.74) is 1.21. The summed E-state index contributed by atoms with van der Waals surface area (Å²) in [5, 5.41) is 13.9. The first-order valence-corrected chi connectivity index (χ1v) is 8.10. The second kappa shape index (κ2) is 13.0. The molecule has 2 aromatic rings. The second-order valence-electron chi connectivity index (χ2n) is 4.84. The first-order chi connectivity index (χ1) is 13.2. The molecule has 0 saturated carbocycles. The van der Waals surface area contributed by atoms with Crippen LogP contribution in [0.2, 0.25) is 0 Å². The zero-order valence-corrected chi connectivity index (χ0v) is 15.3. The van der Waals surface area contributed by atoms with Gasteiger partial charge in [0.15, 0.2) is 0 Å². The maximum absolute atomic E-state index is 12.2. The Morgan fingerprint density at radius 3 is 2.04 bits per heavy atom. The highest BCUT2D eigenvalue weighted by molar-refractivity contribution is 6.50. The Labute approximate surface area is 160 Å². The van der Waals surface area contributed by atoms with Crippen LogP contribution in [-0.2, 0) is 0 Å². The van der Waals surface area contributed by atoms with Gasteiger partial charge < -0.3 is 32.1 Å². The van der Waals surface area contributed by atoms with Crippen molar-refractivity contribution in [2.75, 3.05) is 18.5 Å². The second-order valence-corrected chi connectivity index (χ2v) is 4.84. The lowest BCUT2D eigenvalue weighted by Gasteiger charge is -2.13. The fraction of sp³-hybridized carbons (Fsp3) is 0.235. The normalized spacial score (nSPS) is 9.71. The third kappa shape index (κ3) is 10.6. The number of ether oxygens (including phenoxy) is 2. The fourth-order valence-corrected chi connectivity index (χ4v) is 1.93. The van der Waals surface area contributed by atoms with E-state index in [4.69, 9.17) is 20.3 Å². The summed E-state index contributed by atoms with van der Waals surface area (Å²) in [4.78, 5) is 12.2. The monoisotopic (exact) mass is 401 g/mol. The molecule has 6 nitrogen and oxygen atoms in total. The summed E-state index contributed by atoms with van der Waals surface area (Å²) in [6.07, 6.45) is 0. The molecule has 11 heteroatoms. The van der Waals surface area contributed by atoms with Crippen molar-refractivity contribution in [3.05, 3.63) is 54.1 Å². The Kier molecular flexibility index (Phi) is 11.4. The van der Waals surface area contributed by atoms with Crippen molar-refractivity contribution in [1.82, 2.24) is 0 Å². The number of carbonyl (C=O) groups excluding carboxylic acids is 1. The Hall–Kier alpha value is -3.29. The van der Waals surface area contributed by atoms with Crippen LogP contribution in [-0.4, -0.2) is 26.4 Å². The van der Waals surface area contributed by atoms with Crippen molar-refractivity contribution in [3.63, 3.8) is 0 Å². The molecule has 2 aromatic carbocycles. The number of halogens is 4. The number of hydrogen-bond donors (Lipinski definition) is 2. The molecule has 0 radical (unpaired) electrons. The average Bonchev–Trinajstić information content (AvgIpc) is 2.65. The molecule has 2 N–H and O–H groups in total. The Balaban J connectivity index is 0.000000906. The van der Waals surface area contributed by atoms with Crippen molar-refractivity contribution in [2.24, 2.45) is 0 Å². The van der Waals surface area contributed by atoms with Crippen molar-refractivity contribution in [2.45, 2.75) is 13.8 Å². The Bertz CT molecular complexity index is 737. The van der Waals surface area contributed by atoms with E-state index in [9.17, 15) is 22.1 Å². The summed E-state index contributed by atoms with van der Waals surface area (Å²) < 4.78 is 50.0. The van der Waals surface area contributed by atoms with E-state index >= 15 is 0 Å². The SMILES string of the molecule is CCOc1ccc(OCC)c(NC(=O)c2ccccc2)c1.F[B-](F)(F)F.N#[NH+]. The Morgan fingerprint density at radius 1 is 1.00 bits per heavy atom. The smallest absolute Gasteiger partial charge is 0.494 e. The van der Waals surface area contributed by atoms with Gasteiger partial charge in [-0.2, -0.15) is 0 Å². The van der Waals surface area contributed by atoms with Crippen LogP contribution in [0.1, 0.15) is 24.2 Å². The van der Waals surface area contributed by atoms with Crippen molar-refractivity contribution in [1.29, 1.82) is 5.39 Å². The van der Waals surface area contributed by atoms with Crippen LogP contribution in [0.15, 0.2) is 48.5 Å². The maximum Gasteiger partial charge on any atom is 0.673 e. The topological polar surface area (TPSA) is 95.1 Å². The van der Waals surface area contributed by atoms with Gasteiger partial charge in [-0.1, -0.05) is 18.2 Å². The first kappa shape index (κ1) is 24.7. The fourth-order valence-electron chi connectivity index (χ4n) is 1.93. The molecular formula is C17H20BF4N3O3. The van der Waals surface area contributed by atoms with E-state index in [-0.39, 0.29) is 5.91 Å². The van der Waals surface area contributed by atoms with Gasteiger partial charge in [0.05, 0.1) is 24.3 Å². The van der Waals surface area contributed by atoms with Gasteiger partial charge in [-0.15, -0.1) is 0 Å². The van der Waals surface area contributed by atoms with Gasteiger partial charge in [-0.3, -0.25) is 4.79 Å². The van der Waals surface area contributed by atoms with Gasteiger partial charge in [0.25, 0.3) is 5.91 Å². The third-order valence-electron chi connectivity index (χ3n) is 2.85. The molecular weight excluding hydrogens is 381 g/mol. The minimum atomic E-state index is -6.00. The van der Waals surface area contributed by atoms with Gasteiger partial charge >= 0.3 is 7.25 Å². The van der Waals surface area contributed by atoms with Gasteiger partial charge in [-0.05, 0) is 38.1 Å². The summed E-state index contributed by atoms with van der Waals surface area (Å²) in [5.74, 6) is 1.15. The number of anilines is 1. The Morgan fingerprint density at radius 2 is 1.54 bits per heavy atom. The summed E-state index contributed by atoms with van der Waals surface area (Å²) in [6.45, 7) is 4.92. The molecule has 0 saturated heterocycles. The number of benzene rings is 2. The molecule has 0 fully saturated rings. The third-order valence-corrected chi connectivity index (χ3v) is 2.85. The molecule has 0 bridgehead atoms. The molecule has 0 unspecified atom stereocenters. The highest BCUT2D eigenvalue weighted by Gasteiger charge is 2.20. The highest BCUT2D eigenvalue weighted by atomic mass is 19.5. The lowest BCUT2D eigenvalue weighted by atomic mass is 10.2. The number of rotatable bonds is 6. The summed E-state index contributed by atoms with van der Waals surface area (Å²) in [7, 11) is -6.00. The number of amides is 1. The van der Waals surface area contributed by atoms with E-state index in [1.807, 2.05) is 38.1 Å². The van der Waals surface area contributed by atoms with Crippen LogP contribution in [0, 0.1) is 5.39 Å². The highest BCUT2D eigenvalue weighted by Crippen LogP contribution is 2.29. The minimum absolute atomic E-state index is 0.176. The minimum Gasteiger partial charge on any atom is -0.494 e. The molecule has 28 heavy (non-hydrogen) atoms. The molecule has 152 valence electrons. The summed E-state index contributed by atoms with van der Waals surface area (Å²) >= 11 is 0. The van der Waals surface area contributed by atoms with E-state index < -0.39 is 7.25 Å². The van der Waals surface area contributed by atoms with Crippen molar-refractivity contribution in [3.8, 4) is 11.5 Å². The molecule has 0 atom stereocenters. The van der Waals surface area contributed by atoms with E-state index in [2.05, 4.69) is 5.32 Å². The molecule has 0 aliphatic rings. The predicted octanol–water partition coefficient (Wildman–Crippen LogP) is 3.32. The molecule has 0 aliphatic carbocycles. The van der Waals surface area contributed by atoms with Crippen LogP contribution in [0.25, 0.3) is 0 Å². The van der Waals surface area contributed by atoms with Crippen molar-refractivity contribution < 1.29 is 36.9 Å². The molecule has 2 rings (SSSR count). The standard InChI is InChI=1S/C17H19NO3.BF4.N2/c1-3-20-14-10-11-16(21-4-2)15(12-14)18-17(19)13-8-6-5-7-9-13;2-1(3,4)5;1-2/h5-12H,3-4H2,1-2H3,(H,18,19);;/q;-1;/p+1. The van der Waals surface area contributed by atoms with Crippen LogP contribution in [0.3, 0.4) is 0 Å². The molecule has 0 aromatic heterocycles. The number of nitrogens with one attached hydrogen (secondary N) is 2. The predicted molar refractivity (Wildman–Crippen MR) is 96.0 cm³/mol. The number of diazo groups is 1. The summed E-state index contributed by atoms with van der Waals surface area (Å²) in [6, 6.07) is 14.5. The molecule has 0 spiro atoms. The van der Waals surface area contributed by atoms with E-state index in [0.717, 1.165) is 0 Å². The van der Waals surface area contributed by atoms with Crippen LogP contribution >= 0.6 is 0 Å². The lowest BCUT2D eigenvalue weighted by molar-refractivity contribution is -0.175. The van der Waals surface area contributed by atoms with E-state index in [1.54, 1.807) is 24.3 Å². The quantitative estimate of drug-likeness (QED) is 0.441. The maximum atomic E-state index is 12.2. The first-order valence-electron chi connectivity index (χ1n) is 8.10. The van der Waals surface area contributed by atoms with E-state index in [1.165, 1.54) is 0 Å². The molecule has 0 aliphatic heterocycles. The van der Waals surface area contributed by atoms with E-state index in [0.29, 0.717) is 36.0 Å². The molecule has 1 amide bonds. The van der Waals surface area contributed by atoms with Gasteiger partial charge in [-0.25, -0.2) is 0 Å². The van der Waals surface area contributed by atoms with Crippen LogP contribution < -0.4 is 20.2 Å². The number of nitrogens with zero attached hydrogens (tertiary/aromatic N) is 1. The van der Waals surface area contributed by atoms with Crippen LogP contribution in [0.4, 0.5) is 23.0 Å². The zero-order valence-electron chi connectivity index (χ0n) is 15.3. The van der Waals surface area contributed by atoms with Crippen molar-refractivity contribution >= 4 is 18.8 Å². The number of hydrogen-bond acceptors (Lipinski definition) is 4. The van der Waals surface area contributed by atoms with Gasteiger partial charge in [0, 0.05) is 11.6 Å². The lowest BCUT2D eigenvalue weighted by Crippen LogP contribution is -2.13.